The Morgan fingerprint density at radius 1 is 0.500 bits per heavy atom. The van der Waals surface area contributed by atoms with Gasteiger partial charge in [-0.05, 0) is 73.8 Å². The summed E-state index contributed by atoms with van der Waals surface area (Å²) in [7, 11) is 0. The Kier molecular flexibility index (Phi) is 3.39. The van der Waals surface area contributed by atoms with E-state index in [-0.39, 0.29) is 0 Å². The van der Waals surface area contributed by atoms with Crippen molar-refractivity contribution in [2.45, 2.75) is 12.8 Å². The summed E-state index contributed by atoms with van der Waals surface area (Å²) in [5, 5.41) is 5.62. The van der Waals surface area contributed by atoms with E-state index in [9.17, 15) is 0 Å². The van der Waals surface area contributed by atoms with Crippen LogP contribution in [0.5, 0.6) is 0 Å². The van der Waals surface area contributed by atoms with Crippen molar-refractivity contribution in [2.75, 3.05) is 0 Å². The van der Waals surface area contributed by atoms with E-state index in [4.69, 9.17) is 0 Å². The first-order valence-corrected chi connectivity index (χ1v) is 10.0. The molecule has 0 heterocycles. The molecule has 6 rings (SSSR count). The molecule has 0 N–H and O–H groups in total. The van der Waals surface area contributed by atoms with Crippen LogP contribution in [0.3, 0.4) is 0 Å². The fourth-order valence-electron chi connectivity index (χ4n) is 4.90. The summed E-state index contributed by atoms with van der Waals surface area (Å²) >= 11 is 0. The van der Waals surface area contributed by atoms with Crippen LogP contribution in [0.15, 0.2) is 97.1 Å². The summed E-state index contributed by atoms with van der Waals surface area (Å²) in [6, 6.07) is 35.5. The first-order chi connectivity index (χ1) is 13.9. The van der Waals surface area contributed by atoms with E-state index in [1.165, 1.54) is 54.9 Å². The van der Waals surface area contributed by atoms with E-state index in [0.717, 1.165) is 12.8 Å². The van der Waals surface area contributed by atoms with Gasteiger partial charge in [0.1, 0.15) is 0 Å². The lowest BCUT2D eigenvalue weighted by atomic mass is 9.85. The van der Waals surface area contributed by atoms with E-state index < -0.39 is 0 Å². The van der Waals surface area contributed by atoms with Crippen LogP contribution in [0.4, 0.5) is 0 Å². The van der Waals surface area contributed by atoms with Gasteiger partial charge in [-0.2, -0.15) is 0 Å². The zero-order chi connectivity index (χ0) is 18.5. The molecule has 0 aromatic heterocycles. The fourth-order valence-corrected chi connectivity index (χ4v) is 4.90. The quantitative estimate of drug-likeness (QED) is 0.289. The second-order valence-electron chi connectivity index (χ2n) is 7.70. The average molecular weight is 356 g/mol. The largest absolute Gasteiger partial charge is 0.0622 e. The van der Waals surface area contributed by atoms with Gasteiger partial charge in [0.2, 0.25) is 0 Å². The lowest BCUT2D eigenvalue weighted by Crippen LogP contribution is -1.92. The lowest BCUT2D eigenvalue weighted by molar-refractivity contribution is 1.03. The minimum Gasteiger partial charge on any atom is -0.0622 e. The third-order valence-electron chi connectivity index (χ3n) is 6.10. The minimum atomic E-state index is 1.14. The van der Waals surface area contributed by atoms with Crippen LogP contribution in [-0.4, -0.2) is 0 Å². The van der Waals surface area contributed by atoms with Crippen molar-refractivity contribution in [1.29, 1.82) is 0 Å². The molecule has 5 aromatic carbocycles. The number of aryl methyl sites for hydroxylation is 2. The summed E-state index contributed by atoms with van der Waals surface area (Å²) < 4.78 is 0. The Morgan fingerprint density at radius 2 is 1.11 bits per heavy atom. The van der Waals surface area contributed by atoms with Gasteiger partial charge in [0.15, 0.2) is 0 Å². The number of fused-ring (bicyclic) bond motifs is 2. The number of hydrogen-bond donors (Lipinski definition) is 0. The van der Waals surface area contributed by atoms with Gasteiger partial charge in [0.25, 0.3) is 0 Å². The van der Waals surface area contributed by atoms with Crippen LogP contribution < -0.4 is 0 Å². The molecular formula is C28H20. The van der Waals surface area contributed by atoms with Crippen LogP contribution in [0.2, 0.25) is 0 Å². The molecule has 5 aromatic rings. The molecule has 132 valence electrons. The summed E-state index contributed by atoms with van der Waals surface area (Å²) in [4.78, 5) is 0. The monoisotopic (exact) mass is 356 g/mol. The van der Waals surface area contributed by atoms with Gasteiger partial charge < -0.3 is 0 Å². The third-order valence-corrected chi connectivity index (χ3v) is 6.10. The zero-order valence-electron chi connectivity index (χ0n) is 15.7. The van der Waals surface area contributed by atoms with Crippen molar-refractivity contribution in [3.63, 3.8) is 0 Å². The Morgan fingerprint density at radius 3 is 1.86 bits per heavy atom. The summed E-state index contributed by atoms with van der Waals surface area (Å²) in [5.74, 6) is 0. The van der Waals surface area contributed by atoms with Gasteiger partial charge in [0.05, 0.1) is 0 Å². The average Bonchev–Trinajstić information content (AvgIpc) is 3.18. The Bertz CT molecular complexity index is 1330. The van der Waals surface area contributed by atoms with Crippen LogP contribution >= 0.6 is 0 Å². The highest BCUT2D eigenvalue weighted by atomic mass is 14.3. The van der Waals surface area contributed by atoms with E-state index in [0.29, 0.717) is 0 Å². The van der Waals surface area contributed by atoms with Gasteiger partial charge in [-0.15, -0.1) is 0 Å². The van der Waals surface area contributed by atoms with Crippen LogP contribution in [0.1, 0.15) is 11.1 Å². The molecule has 0 atom stereocenters. The first kappa shape index (κ1) is 15.7. The Labute approximate surface area is 165 Å². The van der Waals surface area contributed by atoms with Gasteiger partial charge in [0, 0.05) is 0 Å². The molecule has 0 heteroatoms. The molecule has 0 saturated carbocycles. The molecule has 28 heavy (non-hydrogen) atoms. The number of hydrogen-bond acceptors (Lipinski definition) is 0. The van der Waals surface area contributed by atoms with Crippen molar-refractivity contribution in [2.24, 2.45) is 0 Å². The lowest BCUT2D eigenvalue weighted by Gasteiger charge is -2.18. The minimum absolute atomic E-state index is 1.14. The summed E-state index contributed by atoms with van der Waals surface area (Å²) in [5.41, 5.74) is 8.29. The molecule has 0 amide bonds. The fraction of sp³-hybridized carbons (Fsp3) is 0.0714. The molecule has 0 saturated heterocycles. The molecule has 0 unspecified atom stereocenters. The normalized spacial score (nSPS) is 12.7. The predicted octanol–water partition coefficient (Wildman–Crippen LogP) is 7.43. The molecular weight excluding hydrogens is 336 g/mol. The molecule has 0 spiro atoms. The summed E-state index contributed by atoms with van der Waals surface area (Å²) in [6.07, 6.45) is 2.28. The highest BCUT2D eigenvalue weighted by molar-refractivity contribution is 6.20. The third kappa shape index (κ3) is 2.25. The molecule has 0 radical (unpaired) electrons. The van der Waals surface area contributed by atoms with Crippen LogP contribution in [0, 0.1) is 0 Å². The van der Waals surface area contributed by atoms with Crippen molar-refractivity contribution in [3.8, 4) is 22.3 Å². The second kappa shape index (κ2) is 6.07. The highest BCUT2D eigenvalue weighted by Crippen LogP contribution is 2.46. The van der Waals surface area contributed by atoms with E-state index in [1.54, 1.807) is 0 Å². The van der Waals surface area contributed by atoms with E-state index in [1.807, 2.05) is 0 Å². The second-order valence-corrected chi connectivity index (χ2v) is 7.70. The maximum absolute atomic E-state index is 2.45. The van der Waals surface area contributed by atoms with Gasteiger partial charge in [-0.25, -0.2) is 0 Å². The van der Waals surface area contributed by atoms with Crippen molar-refractivity contribution in [1.82, 2.24) is 0 Å². The SMILES string of the molecule is c1ccc(-c2cc3c4c(cc5ccccc5c4c2-c2ccccc2)CC3)cc1. The molecule has 1 aliphatic rings. The van der Waals surface area contributed by atoms with Crippen molar-refractivity contribution < 1.29 is 0 Å². The van der Waals surface area contributed by atoms with Crippen LogP contribution in [0.25, 0.3) is 43.8 Å². The maximum Gasteiger partial charge on any atom is -0.00150 e. The Hall–Kier alpha value is -3.38. The zero-order valence-corrected chi connectivity index (χ0v) is 15.7. The van der Waals surface area contributed by atoms with Crippen molar-refractivity contribution in [3.05, 3.63) is 108 Å². The smallest absolute Gasteiger partial charge is 0.00150 e. The van der Waals surface area contributed by atoms with Gasteiger partial charge >= 0.3 is 0 Å². The highest BCUT2D eigenvalue weighted by Gasteiger charge is 2.22. The number of rotatable bonds is 2. The predicted molar refractivity (Wildman–Crippen MR) is 120 cm³/mol. The van der Waals surface area contributed by atoms with Crippen molar-refractivity contribution >= 4 is 21.5 Å². The van der Waals surface area contributed by atoms with E-state index in [2.05, 4.69) is 97.1 Å². The summed E-state index contributed by atoms with van der Waals surface area (Å²) in [6.45, 7) is 0. The first-order valence-electron chi connectivity index (χ1n) is 10.0. The molecule has 0 nitrogen and oxygen atoms in total. The molecule has 0 bridgehead atoms. The van der Waals surface area contributed by atoms with Gasteiger partial charge in [-0.1, -0.05) is 91.0 Å². The molecule has 1 aliphatic carbocycles. The Balaban J connectivity index is 1.87. The van der Waals surface area contributed by atoms with Crippen LogP contribution in [-0.2, 0) is 12.8 Å². The number of benzene rings is 5. The van der Waals surface area contributed by atoms with E-state index >= 15 is 0 Å². The van der Waals surface area contributed by atoms with Gasteiger partial charge in [-0.3, -0.25) is 0 Å². The molecule has 0 fully saturated rings. The molecule has 0 aliphatic heterocycles. The topological polar surface area (TPSA) is 0 Å². The maximum atomic E-state index is 2.45. The standard InChI is InChI=1S/C28H20/c1-3-9-19(10-4-1)25-18-23-16-15-22-17-21-13-7-8-14-24(21)28(26(22)23)27(25)20-11-5-2-6-12-20/h1-14,17-18H,15-16H2.